The molecule has 24 heavy (non-hydrogen) atoms. The van der Waals surface area contributed by atoms with E-state index in [1.165, 1.54) is 19.4 Å². The van der Waals surface area contributed by atoms with Crippen LogP contribution >= 0.6 is 0 Å². The smallest absolute Gasteiger partial charge is 0.228 e. The van der Waals surface area contributed by atoms with E-state index in [2.05, 4.69) is 39.0 Å². The molecule has 1 aliphatic heterocycles. The minimum Gasteiger partial charge on any atom is -0.309 e. The van der Waals surface area contributed by atoms with Gasteiger partial charge in [0.05, 0.1) is 5.69 Å². The van der Waals surface area contributed by atoms with E-state index in [9.17, 15) is 0 Å². The number of anilines is 2. The van der Waals surface area contributed by atoms with Crippen molar-refractivity contribution < 1.29 is 0 Å². The van der Waals surface area contributed by atoms with Crippen LogP contribution in [0.1, 0.15) is 44.1 Å². The standard InChI is InChI=1S/C18H26N6/c1-13(2)11-24-9-4-6-15(12-24)16-10-17(22-14(3)21-16)23-18-19-7-5-8-20-18/h5,7-8,10,13,15H,4,6,9,11-12H2,1-3H3,(H,19,20,21,22,23). The number of nitrogens with one attached hydrogen (secondary N) is 1. The van der Waals surface area contributed by atoms with Crippen molar-refractivity contribution in [2.45, 2.75) is 39.5 Å². The maximum absolute atomic E-state index is 4.69. The molecular weight excluding hydrogens is 300 g/mol. The molecule has 0 aromatic carbocycles. The lowest BCUT2D eigenvalue weighted by molar-refractivity contribution is 0.186. The van der Waals surface area contributed by atoms with Crippen LogP contribution in [0, 0.1) is 12.8 Å². The number of hydrogen-bond acceptors (Lipinski definition) is 6. The van der Waals surface area contributed by atoms with Gasteiger partial charge in [-0.15, -0.1) is 0 Å². The Balaban J connectivity index is 1.75. The van der Waals surface area contributed by atoms with Gasteiger partial charge in [0.2, 0.25) is 5.95 Å². The lowest BCUT2D eigenvalue weighted by Gasteiger charge is -2.33. The summed E-state index contributed by atoms with van der Waals surface area (Å²) in [5.74, 6) is 3.28. The summed E-state index contributed by atoms with van der Waals surface area (Å²) in [4.78, 5) is 20.1. The summed E-state index contributed by atoms with van der Waals surface area (Å²) in [6.07, 6.45) is 5.85. The number of hydrogen-bond donors (Lipinski definition) is 1. The van der Waals surface area contributed by atoms with Crippen LogP contribution in [0.2, 0.25) is 0 Å². The van der Waals surface area contributed by atoms with E-state index in [0.29, 0.717) is 17.8 Å². The summed E-state index contributed by atoms with van der Waals surface area (Å²) in [6, 6.07) is 3.85. The topological polar surface area (TPSA) is 66.8 Å². The second-order valence-corrected chi connectivity index (χ2v) is 6.92. The maximum atomic E-state index is 4.69. The predicted molar refractivity (Wildman–Crippen MR) is 95.3 cm³/mol. The highest BCUT2D eigenvalue weighted by Crippen LogP contribution is 2.27. The van der Waals surface area contributed by atoms with E-state index < -0.39 is 0 Å². The Bertz CT molecular complexity index is 658. The summed E-state index contributed by atoms with van der Waals surface area (Å²) < 4.78 is 0. The number of piperidine rings is 1. The quantitative estimate of drug-likeness (QED) is 0.910. The third-order valence-electron chi connectivity index (χ3n) is 4.21. The third kappa shape index (κ3) is 4.47. The Morgan fingerprint density at radius 1 is 1.25 bits per heavy atom. The molecule has 0 radical (unpaired) electrons. The van der Waals surface area contributed by atoms with E-state index in [1.807, 2.05) is 13.0 Å². The van der Waals surface area contributed by atoms with Crippen molar-refractivity contribution in [2.75, 3.05) is 25.0 Å². The fourth-order valence-electron chi connectivity index (χ4n) is 3.32. The molecule has 2 aromatic heterocycles. The van der Waals surface area contributed by atoms with Crippen molar-refractivity contribution in [2.24, 2.45) is 5.92 Å². The van der Waals surface area contributed by atoms with E-state index in [-0.39, 0.29) is 0 Å². The summed E-state index contributed by atoms with van der Waals surface area (Å²) in [5.41, 5.74) is 1.12. The molecule has 1 aliphatic rings. The highest BCUT2D eigenvalue weighted by Gasteiger charge is 2.23. The minimum absolute atomic E-state index is 0.469. The van der Waals surface area contributed by atoms with Crippen molar-refractivity contribution in [3.05, 3.63) is 36.0 Å². The number of aromatic nitrogens is 4. The van der Waals surface area contributed by atoms with Gasteiger partial charge in [-0.25, -0.2) is 19.9 Å². The lowest BCUT2D eigenvalue weighted by atomic mass is 9.93. The normalized spacial score (nSPS) is 18.8. The Labute approximate surface area is 143 Å². The van der Waals surface area contributed by atoms with Crippen molar-refractivity contribution in [1.29, 1.82) is 0 Å². The maximum Gasteiger partial charge on any atom is 0.228 e. The third-order valence-corrected chi connectivity index (χ3v) is 4.21. The monoisotopic (exact) mass is 326 g/mol. The summed E-state index contributed by atoms with van der Waals surface area (Å²) in [7, 11) is 0. The van der Waals surface area contributed by atoms with E-state index in [4.69, 9.17) is 4.98 Å². The first-order valence-corrected chi connectivity index (χ1v) is 8.72. The van der Waals surface area contributed by atoms with Crippen LogP contribution < -0.4 is 5.32 Å². The number of nitrogens with zero attached hydrogens (tertiary/aromatic N) is 5. The molecule has 0 spiro atoms. The molecule has 1 atom stereocenters. The molecule has 1 saturated heterocycles. The predicted octanol–water partition coefficient (Wildman–Crippen LogP) is 3.15. The second kappa shape index (κ2) is 7.66. The average Bonchev–Trinajstić information content (AvgIpc) is 2.55. The highest BCUT2D eigenvalue weighted by atomic mass is 15.2. The van der Waals surface area contributed by atoms with Crippen molar-refractivity contribution >= 4 is 11.8 Å². The molecule has 3 rings (SSSR count). The van der Waals surface area contributed by atoms with Crippen LogP contribution in [0.4, 0.5) is 11.8 Å². The van der Waals surface area contributed by atoms with Gasteiger partial charge in [-0.05, 0) is 38.3 Å². The van der Waals surface area contributed by atoms with Crippen molar-refractivity contribution in [3.63, 3.8) is 0 Å². The molecule has 3 heterocycles. The Kier molecular flexibility index (Phi) is 5.35. The molecule has 128 valence electrons. The zero-order chi connectivity index (χ0) is 16.9. The number of rotatable bonds is 5. The SMILES string of the molecule is Cc1nc(Nc2ncccn2)cc(C2CCCN(CC(C)C)C2)n1. The Morgan fingerprint density at radius 3 is 2.79 bits per heavy atom. The zero-order valence-corrected chi connectivity index (χ0v) is 14.7. The van der Waals surface area contributed by atoms with Gasteiger partial charge < -0.3 is 10.2 Å². The molecular formula is C18H26N6. The van der Waals surface area contributed by atoms with Gasteiger partial charge >= 0.3 is 0 Å². The first-order chi connectivity index (χ1) is 11.6. The highest BCUT2D eigenvalue weighted by molar-refractivity contribution is 5.48. The van der Waals surface area contributed by atoms with Gasteiger partial charge in [0.15, 0.2) is 0 Å². The van der Waals surface area contributed by atoms with Crippen molar-refractivity contribution in [1.82, 2.24) is 24.8 Å². The molecule has 1 fully saturated rings. The molecule has 0 saturated carbocycles. The first-order valence-electron chi connectivity index (χ1n) is 8.72. The number of likely N-dealkylation sites (tertiary alicyclic amines) is 1. The van der Waals surface area contributed by atoms with Gasteiger partial charge in [-0.2, -0.15) is 0 Å². The van der Waals surface area contributed by atoms with Gasteiger partial charge in [-0.3, -0.25) is 0 Å². The van der Waals surface area contributed by atoms with Gasteiger partial charge in [-0.1, -0.05) is 13.8 Å². The summed E-state index contributed by atoms with van der Waals surface area (Å²) in [5, 5.41) is 3.18. The lowest BCUT2D eigenvalue weighted by Crippen LogP contribution is -2.37. The van der Waals surface area contributed by atoms with Gasteiger partial charge in [0, 0.05) is 37.5 Å². The van der Waals surface area contributed by atoms with E-state index in [1.54, 1.807) is 18.5 Å². The zero-order valence-electron chi connectivity index (χ0n) is 14.7. The van der Waals surface area contributed by atoms with Crippen LogP contribution in [0.3, 0.4) is 0 Å². The fourth-order valence-corrected chi connectivity index (χ4v) is 3.32. The first kappa shape index (κ1) is 16.8. The van der Waals surface area contributed by atoms with E-state index >= 15 is 0 Å². The minimum atomic E-state index is 0.469. The largest absolute Gasteiger partial charge is 0.309 e. The van der Waals surface area contributed by atoms with Crippen LogP contribution in [-0.4, -0.2) is 44.5 Å². The summed E-state index contributed by atoms with van der Waals surface area (Å²) in [6.45, 7) is 9.93. The van der Waals surface area contributed by atoms with E-state index in [0.717, 1.165) is 30.4 Å². The molecule has 6 heteroatoms. The van der Waals surface area contributed by atoms with Crippen LogP contribution in [0.5, 0.6) is 0 Å². The Morgan fingerprint density at radius 2 is 2.04 bits per heavy atom. The molecule has 6 nitrogen and oxygen atoms in total. The average molecular weight is 326 g/mol. The van der Waals surface area contributed by atoms with Crippen LogP contribution in [-0.2, 0) is 0 Å². The molecule has 0 amide bonds. The van der Waals surface area contributed by atoms with Gasteiger partial charge in [0.25, 0.3) is 0 Å². The van der Waals surface area contributed by atoms with Crippen molar-refractivity contribution in [3.8, 4) is 0 Å². The second-order valence-electron chi connectivity index (χ2n) is 6.92. The fraction of sp³-hybridized carbons (Fsp3) is 0.556. The number of aryl methyl sites for hydroxylation is 1. The summed E-state index contributed by atoms with van der Waals surface area (Å²) >= 11 is 0. The molecule has 1 N–H and O–H groups in total. The molecule has 0 bridgehead atoms. The Hall–Kier alpha value is -2.08. The van der Waals surface area contributed by atoms with Crippen LogP contribution in [0.25, 0.3) is 0 Å². The molecule has 2 aromatic rings. The van der Waals surface area contributed by atoms with Crippen LogP contribution in [0.15, 0.2) is 24.5 Å². The van der Waals surface area contributed by atoms with Gasteiger partial charge in [0.1, 0.15) is 11.6 Å². The molecule has 0 aliphatic carbocycles. The molecule has 1 unspecified atom stereocenters.